The molecule has 108 valence electrons. The molecule has 21 heavy (non-hydrogen) atoms. The van der Waals surface area contributed by atoms with Gasteiger partial charge in [0, 0.05) is 31.5 Å². The summed E-state index contributed by atoms with van der Waals surface area (Å²) in [5, 5.41) is 0. The summed E-state index contributed by atoms with van der Waals surface area (Å²) in [5.74, 6) is 0.230. The number of aromatic nitrogens is 2. The van der Waals surface area contributed by atoms with Gasteiger partial charge >= 0.3 is 5.97 Å². The van der Waals surface area contributed by atoms with Gasteiger partial charge in [0.25, 0.3) is 0 Å². The fraction of sp³-hybridized carbons (Fsp3) is 0.188. The van der Waals surface area contributed by atoms with Crippen LogP contribution in [0, 0.1) is 0 Å². The number of hydrogen-bond acceptors (Lipinski definition) is 5. The van der Waals surface area contributed by atoms with Gasteiger partial charge in [-0.1, -0.05) is 12.7 Å². The Morgan fingerprint density at radius 2 is 2.05 bits per heavy atom. The zero-order chi connectivity index (χ0) is 15.2. The molecule has 0 unspecified atom stereocenters. The molecule has 0 spiro atoms. The monoisotopic (exact) mass is 283 g/mol. The van der Waals surface area contributed by atoms with Crippen LogP contribution in [-0.2, 0) is 11.3 Å². The molecule has 2 aromatic rings. The molecule has 0 bridgehead atoms. The lowest BCUT2D eigenvalue weighted by atomic mass is 10.2. The largest absolute Gasteiger partial charge is 0.464 e. The Bertz CT molecular complexity index is 641. The Morgan fingerprint density at radius 3 is 2.67 bits per heavy atom. The Morgan fingerprint density at radius 1 is 1.33 bits per heavy atom. The number of methoxy groups -OCH3 is 1. The normalized spacial score (nSPS) is 10.0. The van der Waals surface area contributed by atoms with Crippen molar-refractivity contribution in [2.75, 3.05) is 19.1 Å². The van der Waals surface area contributed by atoms with Crippen LogP contribution in [0.4, 0.5) is 5.82 Å². The molecule has 0 saturated carbocycles. The minimum atomic E-state index is -0.454. The number of anilines is 1. The maximum absolute atomic E-state index is 11.6. The third-order valence-electron chi connectivity index (χ3n) is 3.05. The predicted molar refractivity (Wildman–Crippen MR) is 82.0 cm³/mol. The first-order valence-corrected chi connectivity index (χ1v) is 6.47. The average Bonchev–Trinajstić information content (AvgIpc) is 2.54. The summed E-state index contributed by atoms with van der Waals surface area (Å²) < 4.78 is 4.71. The highest BCUT2D eigenvalue weighted by Crippen LogP contribution is 2.20. The Labute approximate surface area is 123 Å². The number of nitrogens with zero attached hydrogens (tertiary/aromatic N) is 3. The molecule has 2 rings (SSSR count). The molecular formula is C16H17N3O2. The minimum Gasteiger partial charge on any atom is -0.464 e. The second kappa shape index (κ2) is 6.65. The molecule has 0 saturated heterocycles. The third-order valence-corrected chi connectivity index (χ3v) is 3.05. The number of hydrogen-bond donors (Lipinski definition) is 0. The van der Waals surface area contributed by atoms with Crippen molar-refractivity contribution in [3.8, 4) is 0 Å². The fourth-order valence-electron chi connectivity index (χ4n) is 1.98. The first kappa shape index (κ1) is 14.7. The van der Waals surface area contributed by atoms with Crippen molar-refractivity contribution in [2.45, 2.75) is 6.54 Å². The van der Waals surface area contributed by atoms with E-state index in [1.807, 2.05) is 30.1 Å². The number of ether oxygens (including phenoxy) is 1. The number of pyridine rings is 2. The van der Waals surface area contributed by atoms with E-state index < -0.39 is 5.97 Å². The van der Waals surface area contributed by atoms with Gasteiger partial charge in [-0.15, -0.1) is 0 Å². The lowest BCUT2D eigenvalue weighted by Crippen LogP contribution is -2.20. The van der Waals surface area contributed by atoms with E-state index in [1.165, 1.54) is 7.11 Å². The standard InChI is InChI=1S/C16H17N3O2/c1-4-13-5-6-14(16(20)21-3)18-15(13)19(2)11-12-7-9-17-10-8-12/h4-10H,1,11H2,2-3H3. The second-order valence-corrected chi connectivity index (χ2v) is 4.52. The quantitative estimate of drug-likeness (QED) is 0.789. The van der Waals surface area contributed by atoms with Crippen molar-refractivity contribution in [2.24, 2.45) is 0 Å². The molecule has 0 aromatic carbocycles. The molecule has 0 N–H and O–H groups in total. The van der Waals surface area contributed by atoms with Crippen molar-refractivity contribution in [1.82, 2.24) is 9.97 Å². The van der Waals surface area contributed by atoms with Crippen LogP contribution in [0.15, 0.2) is 43.2 Å². The van der Waals surface area contributed by atoms with E-state index in [0.29, 0.717) is 12.4 Å². The van der Waals surface area contributed by atoms with Crippen molar-refractivity contribution in [3.63, 3.8) is 0 Å². The van der Waals surface area contributed by atoms with E-state index in [2.05, 4.69) is 16.5 Å². The number of carbonyl (C=O) groups is 1. The smallest absolute Gasteiger partial charge is 0.356 e. The van der Waals surface area contributed by atoms with Crippen molar-refractivity contribution >= 4 is 17.9 Å². The molecule has 0 amide bonds. The summed E-state index contributed by atoms with van der Waals surface area (Å²) >= 11 is 0. The van der Waals surface area contributed by atoms with Crippen LogP contribution in [0.3, 0.4) is 0 Å². The van der Waals surface area contributed by atoms with Gasteiger partial charge in [-0.3, -0.25) is 4.98 Å². The summed E-state index contributed by atoms with van der Waals surface area (Å²) in [6.45, 7) is 4.44. The molecule has 5 nitrogen and oxygen atoms in total. The van der Waals surface area contributed by atoms with Gasteiger partial charge in [0.1, 0.15) is 5.82 Å². The van der Waals surface area contributed by atoms with Crippen LogP contribution < -0.4 is 4.90 Å². The second-order valence-electron chi connectivity index (χ2n) is 4.52. The van der Waals surface area contributed by atoms with E-state index in [9.17, 15) is 4.79 Å². The van der Waals surface area contributed by atoms with E-state index in [-0.39, 0.29) is 5.69 Å². The summed E-state index contributed by atoms with van der Waals surface area (Å²) in [7, 11) is 3.25. The first-order chi connectivity index (χ1) is 10.2. The molecule has 0 aliphatic rings. The summed E-state index contributed by atoms with van der Waals surface area (Å²) in [6, 6.07) is 7.32. The van der Waals surface area contributed by atoms with Gasteiger partial charge in [0.2, 0.25) is 0 Å². The third kappa shape index (κ3) is 3.45. The highest BCUT2D eigenvalue weighted by atomic mass is 16.5. The van der Waals surface area contributed by atoms with Crippen LogP contribution >= 0.6 is 0 Å². The number of rotatable bonds is 5. The molecule has 0 fully saturated rings. The lowest BCUT2D eigenvalue weighted by Gasteiger charge is -2.20. The first-order valence-electron chi connectivity index (χ1n) is 6.47. The van der Waals surface area contributed by atoms with Crippen molar-refractivity contribution in [1.29, 1.82) is 0 Å². The van der Waals surface area contributed by atoms with E-state index in [0.717, 1.165) is 11.1 Å². The maximum Gasteiger partial charge on any atom is 0.356 e. The highest BCUT2D eigenvalue weighted by molar-refractivity contribution is 5.88. The summed E-state index contributed by atoms with van der Waals surface area (Å²) in [5.41, 5.74) is 2.24. The molecule has 0 aliphatic heterocycles. The van der Waals surface area contributed by atoms with Crippen molar-refractivity contribution < 1.29 is 9.53 Å². The summed E-state index contributed by atoms with van der Waals surface area (Å²) in [4.78, 5) is 21.9. The number of esters is 1. The Kier molecular flexibility index (Phi) is 4.66. The Hall–Kier alpha value is -2.69. The minimum absolute atomic E-state index is 0.277. The van der Waals surface area contributed by atoms with Crippen LogP contribution in [0.5, 0.6) is 0 Å². The molecular weight excluding hydrogens is 266 g/mol. The van der Waals surface area contributed by atoms with Crippen LogP contribution in [-0.4, -0.2) is 30.1 Å². The van der Waals surface area contributed by atoms with Gasteiger partial charge < -0.3 is 9.64 Å². The van der Waals surface area contributed by atoms with E-state index in [4.69, 9.17) is 4.74 Å². The topological polar surface area (TPSA) is 55.3 Å². The Balaban J connectivity index is 2.31. The molecule has 2 heterocycles. The lowest BCUT2D eigenvalue weighted by molar-refractivity contribution is 0.0594. The molecule has 5 heteroatoms. The van der Waals surface area contributed by atoms with E-state index in [1.54, 1.807) is 24.5 Å². The van der Waals surface area contributed by atoms with Crippen LogP contribution in [0.1, 0.15) is 21.6 Å². The zero-order valence-corrected chi connectivity index (χ0v) is 12.1. The number of carbonyl (C=O) groups excluding carboxylic acids is 1. The van der Waals surface area contributed by atoms with Crippen LogP contribution in [0.2, 0.25) is 0 Å². The average molecular weight is 283 g/mol. The van der Waals surface area contributed by atoms with Gasteiger partial charge in [-0.25, -0.2) is 9.78 Å². The van der Waals surface area contributed by atoms with Gasteiger partial charge in [-0.05, 0) is 29.8 Å². The van der Waals surface area contributed by atoms with Gasteiger partial charge in [0.15, 0.2) is 5.69 Å². The van der Waals surface area contributed by atoms with Crippen LogP contribution in [0.25, 0.3) is 6.08 Å². The zero-order valence-electron chi connectivity index (χ0n) is 12.1. The fourth-order valence-corrected chi connectivity index (χ4v) is 1.98. The molecule has 0 aliphatic carbocycles. The predicted octanol–water partition coefficient (Wildman–Crippen LogP) is 2.54. The highest BCUT2D eigenvalue weighted by Gasteiger charge is 2.13. The van der Waals surface area contributed by atoms with Gasteiger partial charge in [-0.2, -0.15) is 0 Å². The maximum atomic E-state index is 11.6. The van der Waals surface area contributed by atoms with Crippen molar-refractivity contribution in [3.05, 3.63) is 60.1 Å². The van der Waals surface area contributed by atoms with Gasteiger partial charge in [0.05, 0.1) is 7.11 Å². The SMILES string of the molecule is C=Cc1ccc(C(=O)OC)nc1N(C)Cc1ccncc1. The molecule has 0 radical (unpaired) electrons. The summed E-state index contributed by atoms with van der Waals surface area (Å²) in [6.07, 6.45) is 5.21. The molecule has 0 atom stereocenters. The van der Waals surface area contributed by atoms with E-state index >= 15 is 0 Å². The molecule has 2 aromatic heterocycles.